The van der Waals surface area contributed by atoms with Crippen molar-refractivity contribution < 1.29 is 9.18 Å². The zero-order valence-corrected chi connectivity index (χ0v) is 18.1. The van der Waals surface area contributed by atoms with Crippen LogP contribution in [0.4, 0.5) is 10.2 Å². The van der Waals surface area contributed by atoms with Crippen molar-refractivity contribution in [1.29, 1.82) is 0 Å². The molecule has 4 heterocycles. The second-order valence-corrected chi connectivity index (χ2v) is 8.77. The SMILES string of the molecule is Cc1cc(C)n(-c2ccc(F)cc2C2CC(=O)Nc3c2cnn3C2CCN(C)CC2)n1. The number of rotatable bonds is 3. The fourth-order valence-corrected chi connectivity index (χ4v) is 4.90. The predicted molar refractivity (Wildman–Crippen MR) is 116 cm³/mol. The van der Waals surface area contributed by atoms with E-state index in [9.17, 15) is 9.18 Å². The van der Waals surface area contributed by atoms with E-state index >= 15 is 0 Å². The van der Waals surface area contributed by atoms with E-state index in [0.29, 0.717) is 0 Å². The second kappa shape index (κ2) is 7.60. The minimum atomic E-state index is -0.324. The Balaban J connectivity index is 1.60. The standard InChI is InChI=1S/C23H27FN6O/c1-14-10-15(2)29(27-14)21-5-4-16(24)11-19(21)18-12-22(31)26-23-20(18)13-25-30(23)17-6-8-28(3)9-7-17/h4-5,10-11,13,17-18H,6-9,12H2,1-3H3,(H,26,31). The number of carbonyl (C=O) groups excluding carboxylic acids is 1. The number of hydrogen-bond donors (Lipinski definition) is 1. The molecule has 2 aliphatic heterocycles. The van der Waals surface area contributed by atoms with Crippen LogP contribution in [0, 0.1) is 19.7 Å². The number of aromatic nitrogens is 4. The fraction of sp³-hybridized carbons (Fsp3) is 0.435. The van der Waals surface area contributed by atoms with Gasteiger partial charge in [0.15, 0.2) is 0 Å². The van der Waals surface area contributed by atoms with E-state index in [1.807, 2.05) is 35.5 Å². The lowest BCUT2D eigenvalue weighted by Crippen LogP contribution is -2.33. The van der Waals surface area contributed by atoms with Crippen molar-refractivity contribution in [1.82, 2.24) is 24.5 Å². The van der Waals surface area contributed by atoms with Crippen molar-refractivity contribution in [2.45, 2.75) is 45.1 Å². The third-order valence-electron chi connectivity index (χ3n) is 6.48. The van der Waals surface area contributed by atoms with Crippen LogP contribution in [0.5, 0.6) is 0 Å². The molecule has 1 fully saturated rings. The van der Waals surface area contributed by atoms with Gasteiger partial charge in [-0.1, -0.05) is 0 Å². The molecule has 0 spiro atoms. The molecule has 2 aromatic heterocycles. The first-order valence-corrected chi connectivity index (χ1v) is 10.8. The predicted octanol–water partition coefficient (Wildman–Crippen LogP) is 3.57. The van der Waals surface area contributed by atoms with Crippen molar-refractivity contribution in [3.8, 4) is 5.69 Å². The first kappa shape index (κ1) is 19.9. The van der Waals surface area contributed by atoms with Gasteiger partial charge in [0.1, 0.15) is 11.6 Å². The molecule has 3 aromatic rings. The number of anilines is 1. The summed E-state index contributed by atoms with van der Waals surface area (Å²) in [5.74, 6) is 0.0732. The number of piperidine rings is 1. The monoisotopic (exact) mass is 422 g/mol. The Morgan fingerprint density at radius 3 is 2.61 bits per heavy atom. The largest absolute Gasteiger partial charge is 0.311 e. The van der Waals surface area contributed by atoms with Crippen LogP contribution in [0.25, 0.3) is 5.69 Å². The van der Waals surface area contributed by atoms with Gasteiger partial charge in [-0.3, -0.25) is 4.79 Å². The normalized spacial score (nSPS) is 20.0. The molecule has 162 valence electrons. The molecule has 7 nitrogen and oxygen atoms in total. The van der Waals surface area contributed by atoms with Gasteiger partial charge >= 0.3 is 0 Å². The summed E-state index contributed by atoms with van der Waals surface area (Å²) in [7, 11) is 2.12. The summed E-state index contributed by atoms with van der Waals surface area (Å²) in [6.07, 6.45) is 4.07. The molecule has 1 amide bonds. The highest BCUT2D eigenvalue weighted by molar-refractivity contribution is 5.94. The Kier molecular flexibility index (Phi) is 4.89. The number of nitrogens with zero attached hydrogens (tertiary/aromatic N) is 5. The molecule has 31 heavy (non-hydrogen) atoms. The number of amides is 1. The Bertz CT molecular complexity index is 1140. The fourth-order valence-electron chi connectivity index (χ4n) is 4.90. The smallest absolute Gasteiger partial charge is 0.226 e. The van der Waals surface area contributed by atoms with Gasteiger partial charge in [-0.2, -0.15) is 10.2 Å². The molecule has 0 saturated carbocycles. The van der Waals surface area contributed by atoms with Crippen molar-refractivity contribution in [3.63, 3.8) is 0 Å². The second-order valence-electron chi connectivity index (χ2n) is 8.77. The number of likely N-dealkylation sites (tertiary alicyclic amines) is 1. The molecule has 1 atom stereocenters. The molecule has 1 N–H and O–H groups in total. The van der Waals surface area contributed by atoms with Gasteiger partial charge in [0.2, 0.25) is 5.91 Å². The van der Waals surface area contributed by atoms with Gasteiger partial charge in [-0.15, -0.1) is 0 Å². The minimum Gasteiger partial charge on any atom is -0.311 e. The van der Waals surface area contributed by atoms with Crippen LogP contribution in [0.15, 0.2) is 30.5 Å². The third-order valence-corrected chi connectivity index (χ3v) is 6.48. The van der Waals surface area contributed by atoms with Crippen LogP contribution in [0.3, 0.4) is 0 Å². The topological polar surface area (TPSA) is 68.0 Å². The maximum atomic E-state index is 14.4. The lowest BCUT2D eigenvalue weighted by Gasteiger charge is -2.31. The van der Waals surface area contributed by atoms with E-state index < -0.39 is 0 Å². The average Bonchev–Trinajstić information content (AvgIpc) is 3.30. The lowest BCUT2D eigenvalue weighted by molar-refractivity contribution is -0.116. The molecule has 1 aromatic carbocycles. The van der Waals surface area contributed by atoms with Crippen molar-refractivity contribution in [2.75, 3.05) is 25.5 Å². The average molecular weight is 423 g/mol. The van der Waals surface area contributed by atoms with E-state index in [-0.39, 0.29) is 30.1 Å². The summed E-state index contributed by atoms with van der Waals surface area (Å²) in [5.41, 5.74) is 4.35. The summed E-state index contributed by atoms with van der Waals surface area (Å²) < 4.78 is 18.2. The third kappa shape index (κ3) is 3.54. The number of nitrogens with one attached hydrogen (secondary N) is 1. The molecular formula is C23H27FN6O. The van der Waals surface area contributed by atoms with Crippen LogP contribution in [0.2, 0.25) is 0 Å². The Labute approximate surface area is 180 Å². The zero-order chi connectivity index (χ0) is 21.7. The first-order valence-electron chi connectivity index (χ1n) is 10.8. The summed E-state index contributed by atoms with van der Waals surface area (Å²) >= 11 is 0. The Morgan fingerprint density at radius 1 is 1.13 bits per heavy atom. The van der Waals surface area contributed by atoms with Crippen molar-refractivity contribution >= 4 is 11.7 Å². The highest BCUT2D eigenvalue weighted by Gasteiger charge is 2.34. The summed E-state index contributed by atoms with van der Waals surface area (Å²) in [6, 6.07) is 6.97. The Morgan fingerprint density at radius 2 is 1.90 bits per heavy atom. The molecule has 2 aliphatic rings. The highest BCUT2D eigenvalue weighted by atomic mass is 19.1. The number of carbonyl (C=O) groups is 1. The molecule has 8 heteroatoms. The van der Waals surface area contributed by atoms with Gasteiger partial charge in [0, 0.05) is 23.6 Å². The molecule has 1 saturated heterocycles. The van der Waals surface area contributed by atoms with E-state index in [0.717, 1.165) is 60.0 Å². The van der Waals surface area contributed by atoms with Gasteiger partial charge in [0.05, 0.1) is 23.6 Å². The molecule has 1 unspecified atom stereocenters. The van der Waals surface area contributed by atoms with Crippen molar-refractivity contribution in [3.05, 3.63) is 58.8 Å². The lowest BCUT2D eigenvalue weighted by atomic mass is 9.86. The minimum absolute atomic E-state index is 0.0734. The maximum absolute atomic E-state index is 14.4. The number of hydrogen-bond acceptors (Lipinski definition) is 4. The van der Waals surface area contributed by atoms with Crippen LogP contribution in [0.1, 0.15) is 53.7 Å². The molecular weight excluding hydrogens is 395 g/mol. The quantitative estimate of drug-likeness (QED) is 0.701. The van der Waals surface area contributed by atoms with Crippen LogP contribution >= 0.6 is 0 Å². The van der Waals surface area contributed by atoms with E-state index in [1.165, 1.54) is 12.1 Å². The number of fused-ring (bicyclic) bond motifs is 1. The first-order chi connectivity index (χ1) is 14.9. The Hall–Kier alpha value is -3.00. The van der Waals surface area contributed by atoms with E-state index in [4.69, 9.17) is 0 Å². The molecule has 0 aliphatic carbocycles. The van der Waals surface area contributed by atoms with Gasteiger partial charge in [-0.05, 0) is 76.7 Å². The van der Waals surface area contributed by atoms with Gasteiger partial charge < -0.3 is 10.2 Å². The molecule has 0 radical (unpaired) electrons. The van der Waals surface area contributed by atoms with Gasteiger partial charge in [-0.25, -0.2) is 13.8 Å². The van der Waals surface area contributed by atoms with Gasteiger partial charge in [0.25, 0.3) is 0 Å². The summed E-state index contributed by atoms with van der Waals surface area (Å²) in [5, 5.41) is 12.3. The maximum Gasteiger partial charge on any atom is 0.226 e. The summed E-state index contributed by atoms with van der Waals surface area (Å²) in [6.45, 7) is 5.92. The van der Waals surface area contributed by atoms with Crippen LogP contribution < -0.4 is 5.32 Å². The number of aryl methyl sites for hydroxylation is 2. The zero-order valence-electron chi connectivity index (χ0n) is 18.1. The molecule has 0 bridgehead atoms. The van der Waals surface area contributed by atoms with E-state index in [2.05, 4.69) is 27.5 Å². The van der Waals surface area contributed by atoms with Crippen LogP contribution in [-0.4, -0.2) is 50.5 Å². The molecule has 5 rings (SSSR count). The number of halogens is 1. The highest BCUT2D eigenvalue weighted by Crippen LogP contribution is 2.41. The van der Waals surface area contributed by atoms with E-state index in [1.54, 1.807) is 6.07 Å². The summed E-state index contributed by atoms with van der Waals surface area (Å²) in [4.78, 5) is 15.0. The van der Waals surface area contributed by atoms with Crippen molar-refractivity contribution in [2.24, 2.45) is 0 Å². The van der Waals surface area contributed by atoms with Crippen LogP contribution in [-0.2, 0) is 4.79 Å². The number of benzene rings is 1.